The van der Waals surface area contributed by atoms with E-state index in [2.05, 4.69) is 11.4 Å². The van der Waals surface area contributed by atoms with E-state index in [-0.39, 0.29) is 5.91 Å². The standard InChI is InChI=1S/C16H18N2OS/c17-8-5-12-1-3-13(4-2-12)16(19)18-9-6-15-14(11-18)7-10-20-15/h1-4,7,10H,5-6,8-9,11,17H2. The first-order valence-corrected chi connectivity index (χ1v) is 7.79. The molecule has 4 heteroatoms. The van der Waals surface area contributed by atoms with Gasteiger partial charge in [0.2, 0.25) is 0 Å². The smallest absolute Gasteiger partial charge is 0.254 e. The van der Waals surface area contributed by atoms with Crippen molar-refractivity contribution < 1.29 is 4.79 Å². The van der Waals surface area contributed by atoms with Crippen LogP contribution in [0.15, 0.2) is 35.7 Å². The molecule has 2 N–H and O–H groups in total. The first kappa shape index (κ1) is 13.3. The Morgan fingerprint density at radius 1 is 1.25 bits per heavy atom. The zero-order chi connectivity index (χ0) is 13.9. The molecule has 0 aliphatic carbocycles. The fourth-order valence-corrected chi connectivity index (χ4v) is 3.47. The molecule has 0 fully saturated rings. The van der Waals surface area contributed by atoms with Crippen LogP contribution < -0.4 is 5.73 Å². The number of hydrogen-bond acceptors (Lipinski definition) is 3. The van der Waals surface area contributed by atoms with Crippen molar-refractivity contribution in [1.82, 2.24) is 4.90 Å². The van der Waals surface area contributed by atoms with Crippen molar-refractivity contribution in [2.24, 2.45) is 5.73 Å². The summed E-state index contributed by atoms with van der Waals surface area (Å²) in [6.07, 6.45) is 1.83. The van der Waals surface area contributed by atoms with Gasteiger partial charge in [-0.3, -0.25) is 4.79 Å². The van der Waals surface area contributed by atoms with Gasteiger partial charge < -0.3 is 10.6 Å². The third-order valence-electron chi connectivity index (χ3n) is 3.73. The molecule has 2 aromatic rings. The van der Waals surface area contributed by atoms with Gasteiger partial charge in [-0.15, -0.1) is 11.3 Å². The Labute approximate surface area is 123 Å². The molecule has 0 bridgehead atoms. The number of hydrogen-bond donors (Lipinski definition) is 1. The minimum absolute atomic E-state index is 0.126. The molecule has 3 rings (SSSR count). The number of amides is 1. The van der Waals surface area contributed by atoms with E-state index in [1.807, 2.05) is 29.2 Å². The van der Waals surface area contributed by atoms with Gasteiger partial charge in [-0.05, 0) is 54.1 Å². The Morgan fingerprint density at radius 2 is 2.05 bits per heavy atom. The maximum Gasteiger partial charge on any atom is 0.254 e. The number of nitrogens with zero attached hydrogens (tertiary/aromatic N) is 1. The van der Waals surface area contributed by atoms with Crippen LogP contribution in [0.5, 0.6) is 0 Å². The molecule has 0 saturated carbocycles. The molecule has 1 aliphatic heterocycles. The monoisotopic (exact) mass is 286 g/mol. The molecule has 1 amide bonds. The second-order valence-electron chi connectivity index (χ2n) is 5.08. The predicted molar refractivity (Wildman–Crippen MR) is 82.0 cm³/mol. The fourth-order valence-electron chi connectivity index (χ4n) is 2.59. The molecular formula is C16H18N2OS. The lowest BCUT2D eigenvalue weighted by Crippen LogP contribution is -2.35. The second kappa shape index (κ2) is 5.77. The number of rotatable bonds is 3. The average molecular weight is 286 g/mol. The average Bonchev–Trinajstić information content (AvgIpc) is 2.95. The van der Waals surface area contributed by atoms with Crippen LogP contribution in [0.4, 0.5) is 0 Å². The van der Waals surface area contributed by atoms with E-state index >= 15 is 0 Å². The van der Waals surface area contributed by atoms with E-state index in [1.165, 1.54) is 16.0 Å². The summed E-state index contributed by atoms with van der Waals surface area (Å²) in [6.45, 7) is 2.19. The van der Waals surface area contributed by atoms with Gasteiger partial charge in [0, 0.05) is 23.5 Å². The molecule has 2 heterocycles. The van der Waals surface area contributed by atoms with Crippen LogP contribution in [0.2, 0.25) is 0 Å². The van der Waals surface area contributed by atoms with Crippen molar-refractivity contribution in [2.45, 2.75) is 19.4 Å². The lowest BCUT2D eigenvalue weighted by atomic mass is 10.1. The van der Waals surface area contributed by atoms with Crippen LogP contribution in [0.25, 0.3) is 0 Å². The summed E-state index contributed by atoms with van der Waals surface area (Å²) >= 11 is 1.79. The first-order chi connectivity index (χ1) is 9.78. The Kier molecular flexibility index (Phi) is 3.85. The maximum atomic E-state index is 12.5. The molecule has 1 aromatic carbocycles. The number of nitrogens with two attached hydrogens (primary N) is 1. The largest absolute Gasteiger partial charge is 0.334 e. The Balaban J connectivity index is 1.73. The molecule has 0 unspecified atom stereocenters. The second-order valence-corrected chi connectivity index (χ2v) is 6.08. The summed E-state index contributed by atoms with van der Waals surface area (Å²) in [5.74, 6) is 0.126. The van der Waals surface area contributed by atoms with Crippen LogP contribution in [-0.4, -0.2) is 23.9 Å². The lowest BCUT2D eigenvalue weighted by molar-refractivity contribution is 0.0736. The quantitative estimate of drug-likeness (QED) is 0.942. The number of carbonyl (C=O) groups excluding carboxylic acids is 1. The number of benzene rings is 1. The van der Waals surface area contributed by atoms with Crippen molar-refractivity contribution in [1.29, 1.82) is 0 Å². The Hall–Kier alpha value is -1.65. The molecule has 0 atom stereocenters. The van der Waals surface area contributed by atoms with Crippen molar-refractivity contribution in [2.75, 3.05) is 13.1 Å². The molecule has 0 spiro atoms. The highest BCUT2D eigenvalue weighted by Gasteiger charge is 2.22. The van der Waals surface area contributed by atoms with Gasteiger partial charge >= 0.3 is 0 Å². The predicted octanol–water partition coefficient (Wildman–Crippen LogP) is 2.45. The van der Waals surface area contributed by atoms with Crippen LogP contribution >= 0.6 is 11.3 Å². The number of fused-ring (bicyclic) bond motifs is 1. The van der Waals surface area contributed by atoms with E-state index in [1.54, 1.807) is 11.3 Å². The van der Waals surface area contributed by atoms with Gasteiger partial charge in [0.1, 0.15) is 0 Å². The van der Waals surface area contributed by atoms with Gasteiger partial charge in [0.25, 0.3) is 5.91 Å². The van der Waals surface area contributed by atoms with Crippen molar-refractivity contribution in [3.63, 3.8) is 0 Å². The van der Waals surface area contributed by atoms with E-state index in [0.29, 0.717) is 6.54 Å². The van der Waals surface area contributed by atoms with Crippen molar-refractivity contribution in [3.8, 4) is 0 Å². The summed E-state index contributed by atoms with van der Waals surface area (Å²) in [4.78, 5) is 15.9. The lowest BCUT2D eigenvalue weighted by Gasteiger charge is -2.27. The van der Waals surface area contributed by atoms with Gasteiger partial charge in [-0.25, -0.2) is 0 Å². The summed E-state index contributed by atoms with van der Waals surface area (Å²) in [7, 11) is 0. The van der Waals surface area contributed by atoms with E-state index in [0.717, 1.165) is 31.5 Å². The van der Waals surface area contributed by atoms with E-state index in [9.17, 15) is 4.79 Å². The zero-order valence-electron chi connectivity index (χ0n) is 11.3. The SMILES string of the molecule is NCCc1ccc(C(=O)N2CCc3sccc3C2)cc1. The summed E-state index contributed by atoms with van der Waals surface area (Å²) in [6, 6.07) is 9.96. The summed E-state index contributed by atoms with van der Waals surface area (Å²) in [5, 5.41) is 2.11. The van der Waals surface area contributed by atoms with Gasteiger partial charge in [-0.1, -0.05) is 12.1 Å². The van der Waals surface area contributed by atoms with Crippen LogP contribution in [-0.2, 0) is 19.4 Å². The molecule has 1 aliphatic rings. The third-order valence-corrected chi connectivity index (χ3v) is 4.75. The fraction of sp³-hybridized carbons (Fsp3) is 0.312. The van der Waals surface area contributed by atoms with E-state index in [4.69, 9.17) is 5.73 Å². The summed E-state index contributed by atoms with van der Waals surface area (Å²) in [5.41, 5.74) is 8.79. The molecule has 3 nitrogen and oxygen atoms in total. The van der Waals surface area contributed by atoms with Gasteiger partial charge in [-0.2, -0.15) is 0 Å². The van der Waals surface area contributed by atoms with Crippen LogP contribution in [0.1, 0.15) is 26.4 Å². The third kappa shape index (κ3) is 2.62. The molecular weight excluding hydrogens is 268 g/mol. The molecule has 104 valence electrons. The van der Waals surface area contributed by atoms with E-state index < -0.39 is 0 Å². The minimum Gasteiger partial charge on any atom is -0.334 e. The first-order valence-electron chi connectivity index (χ1n) is 6.91. The highest BCUT2D eigenvalue weighted by molar-refractivity contribution is 7.10. The normalized spacial score (nSPS) is 14.2. The van der Waals surface area contributed by atoms with Gasteiger partial charge in [0.05, 0.1) is 0 Å². The number of carbonyl (C=O) groups is 1. The van der Waals surface area contributed by atoms with Crippen LogP contribution in [0.3, 0.4) is 0 Å². The topological polar surface area (TPSA) is 46.3 Å². The highest BCUT2D eigenvalue weighted by atomic mass is 32.1. The highest BCUT2D eigenvalue weighted by Crippen LogP contribution is 2.25. The molecule has 0 radical (unpaired) electrons. The number of thiophene rings is 1. The zero-order valence-corrected chi connectivity index (χ0v) is 12.2. The summed E-state index contributed by atoms with van der Waals surface area (Å²) < 4.78 is 0. The molecule has 20 heavy (non-hydrogen) atoms. The van der Waals surface area contributed by atoms with Crippen molar-refractivity contribution in [3.05, 3.63) is 57.3 Å². The molecule has 1 aromatic heterocycles. The Morgan fingerprint density at radius 3 is 2.80 bits per heavy atom. The molecule has 0 saturated heterocycles. The van der Waals surface area contributed by atoms with Crippen LogP contribution in [0, 0.1) is 0 Å². The minimum atomic E-state index is 0.126. The van der Waals surface area contributed by atoms with Gasteiger partial charge in [0.15, 0.2) is 0 Å². The Bertz CT molecular complexity index is 603. The van der Waals surface area contributed by atoms with Crippen molar-refractivity contribution >= 4 is 17.2 Å². The maximum absolute atomic E-state index is 12.5.